The molecule has 1 amide bonds. The lowest BCUT2D eigenvalue weighted by molar-refractivity contribution is 0.102. The monoisotopic (exact) mass is 496 g/mol. The first-order valence-corrected chi connectivity index (χ1v) is 12.6. The van der Waals surface area contributed by atoms with Crippen molar-refractivity contribution in [2.45, 2.75) is 4.90 Å². The summed E-state index contributed by atoms with van der Waals surface area (Å²) in [6, 6.07) is 16.4. The van der Waals surface area contributed by atoms with Crippen LogP contribution in [0, 0.1) is 5.82 Å². The van der Waals surface area contributed by atoms with Gasteiger partial charge in [-0.05, 0) is 42.5 Å². The summed E-state index contributed by atoms with van der Waals surface area (Å²) in [5, 5.41) is 2.79. The summed E-state index contributed by atoms with van der Waals surface area (Å²) < 4.78 is 47.1. The van der Waals surface area contributed by atoms with Gasteiger partial charge in [0.05, 0.1) is 16.9 Å². The lowest BCUT2D eigenvalue weighted by Gasteiger charge is -2.38. The number of rotatable bonds is 4. The maximum atomic E-state index is 13.3. The molecule has 0 atom stereocenters. The molecule has 1 N–H and O–H groups in total. The van der Waals surface area contributed by atoms with Crippen molar-refractivity contribution in [2.75, 3.05) is 55.4 Å². The Bertz CT molecular complexity index is 1390. The SMILES string of the molecule is CN(C)S(=O)(=O)c1cc2c(cc1N1CCN(c3ccc(F)cc3)CC1)Oc1ccccc1NC2=O. The molecule has 3 aromatic carbocycles. The van der Waals surface area contributed by atoms with E-state index in [1.165, 1.54) is 32.3 Å². The molecule has 0 spiro atoms. The third-order valence-corrected chi connectivity index (χ3v) is 8.08. The minimum atomic E-state index is -3.86. The third kappa shape index (κ3) is 4.30. The maximum absolute atomic E-state index is 13.3. The van der Waals surface area contributed by atoms with Crippen molar-refractivity contribution in [3.63, 3.8) is 0 Å². The Morgan fingerprint density at radius 3 is 2.26 bits per heavy atom. The van der Waals surface area contributed by atoms with E-state index in [-0.39, 0.29) is 16.3 Å². The van der Waals surface area contributed by atoms with Crippen molar-refractivity contribution in [1.82, 2.24) is 4.31 Å². The summed E-state index contributed by atoms with van der Waals surface area (Å²) in [7, 11) is -0.939. The molecule has 182 valence electrons. The second-order valence-corrected chi connectivity index (χ2v) is 10.7. The number of para-hydroxylation sites is 2. The fraction of sp³-hybridized carbons (Fsp3) is 0.240. The van der Waals surface area contributed by atoms with Crippen molar-refractivity contribution < 1.29 is 22.3 Å². The molecule has 0 aliphatic carbocycles. The van der Waals surface area contributed by atoms with Crippen LogP contribution in [0.2, 0.25) is 0 Å². The molecular formula is C25H25FN4O4S. The Morgan fingerprint density at radius 1 is 0.914 bits per heavy atom. The van der Waals surface area contributed by atoms with Gasteiger partial charge in [0.25, 0.3) is 5.91 Å². The molecule has 8 nitrogen and oxygen atoms in total. The van der Waals surface area contributed by atoms with E-state index in [9.17, 15) is 17.6 Å². The molecular weight excluding hydrogens is 471 g/mol. The van der Waals surface area contributed by atoms with Crippen LogP contribution in [0.5, 0.6) is 11.5 Å². The molecule has 2 aliphatic rings. The Morgan fingerprint density at radius 2 is 1.57 bits per heavy atom. The highest BCUT2D eigenvalue weighted by Gasteiger charge is 2.31. The average Bonchev–Trinajstić information content (AvgIpc) is 2.99. The molecule has 5 rings (SSSR count). The van der Waals surface area contributed by atoms with Crippen molar-refractivity contribution in [3.05, 3.63) is 72.0 Å². The van der Waals surface area contributed by atoms with E-state index < -0.39 is 15.9 Å². The molecule has 1 saturated heterocycles. The van der Waals surface area contributed by atoms with Gasteiger partial charge in [0, 0.05) is 52.0 Å². The predicted molar refractivity (Wildman–Crippen MR) is 133 cm³/mol. The normalized spacial score (nSPS) is 15.7. The number of hydrogen-bond donors (Lipinski definition) is 1. The largest absolute Gasteiger partial charge is 0.454 e. The molecule has 1 fully saturated rings. The van der Waals surface area contributed by atoms with E-state index in [1.54, 1.807) is 42.5 Å². The molecule has 3 aromatic rings. The van der Waals surface area contributed by atoms with Gasteiger partial charge in [0.15, 0.2) is 5.75 Å². The fourth-order valence-corrected chi connectivity index (χ4v) is 5.40. The van der Waals surface area contributed by atoms with Crippen LogP contribution < -0.4 is 19.9 Å². The van der Waals surface area contributed by atoms with Gasteiger partial charge in [-0.15, -0.1) is 0 Å². The van der Waals surface area contributed by atoms with Crippen LogP contribution in [-0.2, 0) is 10.0 Å². The lowest BCUT2D eigenvalue weighted by atomic mass is 10.1. The molecule has 0 bridgehead atoms. The highest BCUT2D eigenvalue weighted by Crippen LogP contribution is 2.41. The second-order valence-electron chi connectivity index (χ2n) is 8.61. The number of hydrogen-bond acceptors (Lipinski definition) is 6. The molecule has 0 saturated carbocycles. The van der Waals surface area contributed by atoms with Gasteiger partial charge in [-0.1, -0.05) is 12.1 Å². The van der Waals surface area contributed by atoms with Crippen LogP contribution in [0.3, 0.4) is 0 Å². The zero-order valence-corrected chi connectivity index (χ0v) is 20.2. The number of carbonyl (C=O) groups is 1. The maximum Gasteiger partial charge on any atom is 0.259 e. The van der Waals surface area contributed by atoms with Crippen molar-refractivity contribution in [1.29, 1.82) is 0 Å². The quantitative estimate of drug-likeness (QED) is 0.592. The average molecular weight is 497 g/mol. The molecule has 2 aliphatic heterocycles. The number of ether oxygens (including phenoxy) is 1. The van der Waals surface area contributed by atoms with Gasteiger partial charge < -0.3 is 19.9 Å². The van der Waals surface area contributed by atoms with Crippen LogP contribution in [0.4, 0.5) is 21.5 Å². The van der Waals surface area contributed by atoms with Crippen LogP contribution in [0.25, 0.3) is 0 Å². The number of anilines is 3. The van der Waals surface area contributed by atoms with E-state index in [1.807, 2.05) is 4.90 Å². The Balaban J connectivity index is 1.53. The Kier molecular flexibility index (Phi) is 5.86. The van der Waals surface area contributed by atoms with Crippen LogP contribution in [0.1, 0.15) is 10.4 Å². The molecule has 2 heterocycles. The number of nitrogens with zero attached hydrogens (tertiary/aromatic N) is 3. The summed E-state index contributed by atoms with van der Waals surface area (Å²) in [5.41, 5.74) is 2.05. The van der Waals surface area contributed by atoms with Gasteiger partial charge in [0.2, 0.25) is 10.0 Å². The lowest BCUT2D eigenvalue weighted by Crippen LogP contribution is -2.47. The second kappa shape index (κ2) is 8.86. The smallest absolute Gasteiger partial charge is 0.259 e. The first-order valence-electron chi connectivity index (χ1n) is 11.2. The number of fused-ring (bicyclic) bond motifs is 2. The van der Waals surface area contributed by atoms with Gasteiger partial charge in [-0.25, -0.2) is 17.1 Å². The number of piperazine rings is 1. The number of carbonyl (C=O) groups excluding carboxylic acids is 1. The molecule has 35 heavy (non-hydrogen) atoms. The molecule has 0 aromatic heterocycles. The Hall–Kier alpha value is -3.63. The van der Waals surface area contributed by atoms with Crippen molar-refractivity contribution >= 4 is 33.0 Å². The Labute approximate surface area is 203 Å². The van der Waals surface area contributed by atoms with Crippen molar-refractivity contribution in [3.8, 4) is 11.5 Å². The fourth-order valence-electron chi connectivity index (χ4n) is 4.29. The van der Waals surface area contributed by atoms with Gasteiger partial charge in [0.1, 0.15) is 16.5 Å². The van der Waals surface area contributed by atoms with Crippen LogP contribution >= 0.6 is 0 Å². The van der Waals surface area contributed by atoms with Gasteiger partial charge >= 0.3 is 0 Å². The van der Waals surface area contributed by atoms with E-state index in [2.05, 4.69) is 10.2 Å². The minimum Gasteiger partial charge on any atom is -0.454 e. The number of nitrogens with one attached hydrogen (secondary N) is 1. The molecule has 0 radical (unpaired) electrons. The predicted octanol–water partition coefficient (Wildman–Crippen LogP) is 3.76. The molecule has 0 unspecified atom stereocenters. The molecule has 10 heteroatoms. The summed E-state index contributed by atoms with van der Waals surface area (Å²) in [6.07, 6.45) is 0. The van der Waals surface area contributed by atoms with Gasteiger partial charge in [-0.2, -0.15) is 0 Å². The van der Waals surface area contributed by atoms with Crippen molar-refractivity contribution in [2.24, 2.45) is 0 Å². The van der Waals surface area contributed by atoms with Crippen LogP contribution in [0.15, 0.2) is 65.6 Å². The summed E-state index contributed by atoms with van der Waals surface area (Å²) in [6.45, 7) is 2.31. The minimum absolute atomic E-state index is 0.0428. The number of amides is 1. The van der Waals surface area contributed by atoms with Crippen LogP contribution in [-0.4, -0.2) is 58.9 Å². The summed E-state index contributed by atoms with van der Waals surface area (Å²) in [5.74, 6) is 0.0466. The number of sulfonamides is 1. The topological polar surface area (TPSA) is 82.2 Å². The highest BCUT2D eigenvalue weighted by atomic mass is 32.2. The first-order chi connectivity index (χ1) is 16.7. The summed E-state index contributed by atoms with van der Waals surface area (Å²) in [4.78, 5) is 17.1. The van der Waals surface area contributed by atoms with E-state index in [0.29, 0.717) is 49.1 Å². The van der Waals surface area contributed by atoms with E-state index >= 15 is 0 Å². The highest BCUT2D eigenvalue weighted by molar-refractivity contribution is 7.89. The first kappa shape index (κ1) is 23.1. The zero-order chi connectivity index (χ0) is 24.7. The zero-order valence-electron chi connectivity index (χ0n) is 19.4. The number of benzene rings is 3. The van der Waals surface area contributed by atoms with Gasteiger partial charge in [-0.3, -0.25) is 4.79 Å². The number of halogens is 1. The van der Waals surface area contributed by atoms with E-state index in [4.69, 9.17) is 4.74 Å². The summed E-state index contributed by atoms with van der Waals surface area (Å²) >= 11 is 0. The standard InChI is InChI=1S/C25H25FN4O4S/c1-28(2)35(32,33)24-15-19-23(34-22-6-4-3-5-20(22)27-25(19)31)16-21(24)30-13-11-29(12-14-30)18-9-7-17(26)8-10-18/h3-10,15-16H,11-14H2,1-2H3,(H,27,31). The van der Waals surface area contributed by atoms with E-state index in [0.717, 1.165) is 9.99 Å². The third-order valence-electron chi connectivity index (χ3n) is 6.23.